The topological polar surface area (TPSA) is 69.4 Å². The van der Waals surface area contributed by atoms with Gasteiger partial charge in [-0.15, -0.1) is 0 Å². The van der Waals surface area contributed by atoms with Crippen molar-refractivity contribution < 1.29 is 18.3 Å². The molecule has 1 aromatic carbocycles. The first kappa shape index (κ1) is 21.8. The number of fused-ring (bicyclic) bond motifs is 2. The third-order valence-electron chi connectivity index (χ3n) is 6.96. The molecule has 4 heterocycles. The molecule has 0 spiro atoms. The standard InChI is InChI=1S/C26H24F2N4O3/c1-35-23-5-4-19-24(29-23)20(25(33)30-9-6-15(27)7-10-30)14-32(26(19)34)22-13-16(28)12-21-18(22)8-11-31(21)17-2-3-17/h4-5,8,11-15,17H,2-3,6-7,9-10H2,1H3. The average Bonchev–Trinajstić information content (AvgIpc) is 3.62. The van der Waals surface area contributed by atoms with Crippen molar-refractivity contribution in [3.63, 3.8) is 0 Å². The van der Waals surface area contributed by atoms with E-state index >= 15 is 0 Å². The van der Waals surface area contributed by atoms with E-state index in [0.29, 0.717) is 17.2 Å². The van der Waals surface area contributed by atoms with Gasteiger partial charge in [-0.2, -0.15) is 0 Å². The largest absolute Gasteiger partial charge is 0.481 e. The van der Waals surface area contributed by atoms with Crippen LogP contribution < -0.4 is 10.3 Å². The molecule has 0 radical (unpaired) electrons. The van der Waals surface area contributed by atoms with E-state index in [9.17, 15) is 18.4 Å². The summed E-state index contributed by atoms with van der Waals surface area (Å²) >= 11 is 0. The number of hydrogen-bond acceptors (Lipinski definition) is 4. The maximum atomic E-state index is 14.8. The van der Waals surface area contributed by atoms with E-state index in [0.717, 1.165) is 18.2 Å². The van der Waals surface area contributed by atoms with Gasteiger partial charge in [0.15, 0.2) is 0 Å². The number of nitrogens with zero attached hydrogens (tertiary/aromatic N) is 4. The summed E-state index contributed by atoms with van der Waals surface area (Å²) in [6.07, 6.45) is 5.01. The van der Waals surface area contributed by atoms with E-state index in [-0.39, 0.29) is 54.2 Å². The molecule has 6 rings (SSSR count). The molecule has 35 heavy (non-hydrogen) atoms. The second-order valence-corrected chi connectivity index (χ2v) is 9.25. The van der Waals surface area contributed by atoms with Crippen molar-refractivity contribution in [2.24, 2.45) is 0 Å². The minimum atomic E-state index is -0.931. The zero-order valence-corrected chi connectivity index (χ0v) is 19.2. The molecule has 0 atom stereocenters. The van der Waals surface area contributed by atoms with Gasteiger partial charge < -0.3 is 14.2 Å². The van der Waals surface area contributed by atoms with Crippen molar-refractivity contribution in [1.29, 1.82) is 0 Å². The molecular weight excluding hydrogens is 454 g/mol. The monoisotopic (exact) mass is 478 g/mol. The molecule has 1 aliphatic carbocycles. The molecule has 4 aromatic rings. The lowest BCUT2D eigenvalue weighted by atomic mass is 10.1. The van der Waals surface area contributed by atoms with Crippen LogP contribution >= 0.6 is 0 Å². The number of likely N-dealkylation sites (tertiary alicyclic amines) is 1. The number of piperidine rings is 1. The Balaban J connectivity index is 1.58. The normalized spacial score (nSPS) is 16.8. The van der Waals surface area contributed by atoms with Gasteiger partial charge in [0.05, 0.1) is 34.8 Å². The van der Waals surface area contributed by atoms with E-state index in [1.165, 1.54) is 30.0 Å². The van der Waals surface area contributed by atoms with E-state index < -0.39 is 17.5 Å². The molecule has 1 aliphatic heterocycles. The van der Waals surface area contributed by atoms with Gasteiger partial charge >= 0.3 is 0 Å². The van der Waals surface area contributed by atoms with Crippen molar-refractivity contribution in [2.45, 2.75) is 37.9 Å². The number of carbonyl (C=O) groups excluding carboxylic acids is 1. The molecule has 0 bridgehead atoms. The number of hydrogen-bond donors (Lipinski definition) is 0. The number of methoxy groups -OCH3 is 1. The number of carbonyl (C=O) groups is 1. The lowest BCUT2D eigenvalue weighted by Crippen LogP contribution is -2.39. The molecule has 1 saturated carbocycles. The van der Waals surface area contributed by atoms with Crippen molar-refractivity contribution in [3.05, 3.63) is 64.5 Å². The number of ether oxygens (including phenoxy) is 1. The highest BCUT2D eigenvalue weighted by Crippen LogP contribution is 2.39. The Kier molecular flexibility index (Phi) is 5.09. The first-order chi connectivity index (χ1) is 16.9. The van der Waals surface area contributed by atoms with Gasteiger partial charge in [-0.25, -0.2) is 13.8 Å². The Hall–Kier alpha value is -3.75. The Bertz CT molecular complexity index is 1530. The van der Waals surface area contributed by atoms with Gasteiger partial charge in [0.25, 0.3) is 11.5 Å². The maximum absolute atomic E-state index is 14.8. The number of alkyl halides is 1. The van der Waals surface area contributed by atoms with Crippen molar-refractivity contribution in [2.75, 3.05) is 20.2 Å². The zero-order chi connectivity index (χ0) is 24.3. The van der Waals surface area contributed by atoms with E-state index in [2.05, 4.69) is 4.98 Å². The minimum absolute atomic E-state index is 0.190. The molecule has 7 nitrogen and oxygen atoms in total. The highest BCUT2D eigenvalue weighted by Gasteiger charge is 2.28. The minimum Gasteiger partial charge on any atom is -0.481 e. The number of benzene rings is 1. The van der Waals surface area contributed by atoms with Crippen LogP contribution in [0, 0.1) is 5.82 Å². The predicted octanol–water partition coefficient (Wildman–Crippen LogP) is 4.40. The summed E-state index contributed by atoms with van der Waals surface area (Å²) in [7, 11) is 1.46. The third-order valence-corrected chi connectivity index (χ3v) is 6.96. The summed E-state index contributed by atoms with van der Waals surface area (Å²) in [4.78, 5) is 33.2. The molecule has 3 aromatic heterocycles. The molecule has 1 saturated heterocycles. The van der Waals surface area contributed by atoms with Gasteiger partial charge in [0.1, 0.15) is 12.0 Å². The first-order valence-corrected chi connectivity index (χ1v) is 11.8. The Morgan fingerprint density at radius 3 is 2.57 bits per heavy atom. The second-order valence-electron chi connectivity index (χ2n) is 9.25. The molecular formula is C26H24F2N4O3. The maximum Gasteiger partial charge on any atom is 0.264 e. The summed E-state index contributed by atoms with van der Waals surface area (Å²) in [5.41, 5.74) is 1.05. The van der Waals surface area contributed by atoms with Gasteiger partial charge in [-0.3, -0.25) is 14.2 Å². The van der Waals surface area contributed by atoms with Gasteiger partial charge in [0.2, 0.25) is 5.88 Å². The average molecular weight is 478 g/mol. The number of pyridine rings is 2. The van der Waals surface area contributed by atoms with Crippen LogP contribution in [0.1, 0.15) is 42.1 Å². The van der Waals surface area contributed by atoms with Crippen LogP contribution in [-0.2, 0) is 0 Å². The Morgan fingerprint density at radius 2 is 1.86 bits per heavy atom. The Morgan fingerprint density at radius 1 is 1.09 bits per heavy atom. The number of rotatable bonds is 4. The quantitative estimate of drug-likeness (QED) is 0.436. The van der Waals surface area contributed by atoms with Crippen LogP contribution in [-0.4, -0.2) is 51.3 Å². The van der Waals surface area contributed by atoms with Crippen molar-refractivity contribution in [1.82, 2.24) is 19.0 Å². The first-order valence-electron chi connectivity index (χ1n) is 11.8. The number of halogens is 2. The second kappa shape index (κ2) is 8.18. The fraction of sp³-hybridized carbons (Fsp3) is 0.346. The van der Waals surface area contributed by atoms with Crippen LogP contribution in [0.5, 0.6) is 5.88 Å². The van der Waals surface area contributed by atoms with Crippen LogP contribution in [0.25, 0.3) is 27.5 Å². The van der Waals surface area contributed by atoms with Crippen LogP contribution in [0.4, 0.5) is 8.78 Å². The van der Waals surface area contributed by atoms with Crippen LogP contribution in [0.15, 0.2) is 47.5 Å². The lowest BCUT2D eigenvalue weighted by molar-refractivity contribution is 0.0668. The predicted molar refractivity (Wildman–Crippen MR) is 128 cm³/mol. The highest BCUT2D eigenvalue weighted by molar-refractivity contribution is 6.05. The fourth-order valence-corrected chi connectivity index (χ4v) is 4.95. The molecule has 9 heteroatoms. The fourth-order valence-electron chi connectivity index (χ4n) is 4.95. The molecule has 2 aliphatic rings. The molecule has 0 unspecified atom stereocenters. The number of aromatic nitrogens is 3. The summed E-state index contributed by atoms with van der Waals surface area (Å²) in [6, 6.07) is 8.12. The summed E-state index contributed by atoms with van der Waals surface area (Å²) in [6.45, 7) is 0.554. The van der Waals surface area contributed by atoms with E-state index in [4.69, 9.17) is 4.74 Å². The molecule has 1 amide bonds. The summed E-state index contributed by atoms with van der Waals surface area (Å²) in [5, 5.41) is 0.939. The summed E-state index contributed by atoms with van der Waals surface area (Å²) in [5.74, 6) is -0.550. The van der Waals surface area contributed by atoms with Gasteiger partial charge in [-0.05, 0) is 49.9 Å². The zero-order valence-electron chi connectivity index (χ0n) is 19.2. The van der Waals surface area contributed by atoms with Gasteiger partial charge in [-0.1, -0.05) is 0 Å². The van der Waals surface area contributed by atoms with Crippen LogP contribution in [0.2, 0.25) is 0 Å². The molecule has 2 fully saturated rings. The van der Waals surface area contributed by atoms with Gasteiger partial charge in [0, 0.05) is 43.0 Å². The smallest absolute Gasteiger partial charge is 0.264 e. The molecule has 0 N–H and O–H groups in total. The SMILES string of the molecule is COc1ccc2c(=O)n(-c3cc(F)cc4c3ccn4C3CC3)cc(C(=O)N3CCC(F)CC3)c2n1. The van der Waals surface area contributed by atoms with E-state index in [1.54, 1.807) is 17.0 Å². The Labute approximate surface area is 199 Å². The molecule has 180 valence electrons. The highest BCUT2D eigenvalue weighted by atomic mass is 19.1. The van der Waals surface area contributed by atoms with Crippen molar-refractivity contribution in [3.8, 4) is 11.6 Å². The summed E-state index contributed by atoms with van der Waals surface area (Å²) < 4.78 is 37.1. The van der Waals surface area contributed by atoms with Crippen molar-refractivity contribution >= 4 is 27.7 Å². The number of amides is 1. The van der Waals surface area contributed by atoms with E-state index in [1.807, 2.05) is 16.8 Å². The lowest BCUT2D eigenvalue weighted by Gasteiger charge is -2.29. The van der Waals surface area contributed by atoms with Crippen LogP contribution in [0.3, 0.4) is 0 Å². The third kappa shape index (κ3) is 3.66.